The summed E-state index contributed by atoms with van der Waals surface area (Å²) in [5.74, 6) is -1.34. The Balaban J connectivity index is 1.79. The van der Waals surface area contributed by atoms with Crippen LogP contribution in [-0.2, 0) is 14.8 Å². The van der Waals surface area contributed by atoms with Crippen LogP contribution in [0.1, 0.15) is 21.0 Å². The fourth-order valence-electron chi connectivity index (χ4n) is 3.73. The Labute approximate surface area is 241 Å². The molecule has 14 heteroatoms. The van der Waals surface area contributed by atoms with Gasteiger partial charge in [-0.2, -0.15) is 0 Å². The van der Waals surface area contributed by atoms with E-state index in [2.05, 4.69) is 26.2 Å². The predicted molar refractivity (Wildman–Crippen MR) is 153 cm³/mol. The number of para-hydroxylation sites is 1. The Morgan fingerprint density at radius 1 is 1.05 bits per heavy atom. The maximum atomic E-state index is 13.6. The van der Waals surface area contributed by atoms with Crippen molar-refractivity contribution in [3.05, 3.63) is 92.5 Å². The van der Waals surface area contributed by atoms with Crippen molar-refractivity contribution >= 4 is 77.6 Å². The number of nitrogens with zero attached hydrogens (tertiary/aromatic N) is 2. The summed E-state index contributed by atoms with van der Waals surface area (Å²) < 4.78 is 31.3. The Bertz CT molecular complexity index is 1780. The van der Waals surface area contributed by atoms with Crippen LogP contribution >= 0.6 is 39.1 Å². The quantitative estimate of drug-likeness (QED) is 0.281. The number of hydrogen-bond acceptors (Lipinski definition) is 7. The fourth-order valence-corrected chi connectivity index (χ4v) is 5.12. The summed E-state index contributed by atoms with van der Waals surface area (Å²) in [4.78, 5) is 42.7. The minimum absolute atomic E-state index is 0.0273. The first-order chi connectivity index (χ1) is 18.4. The summed E-state index contributed by atoms with van der Waals surface area (Å²) in [5, 5.41) is 3.49. The normalized spacial score (nSPS) is 12.1. The number of sulfonamides is 1. The molecule has 0 aliphatic rings. The lowest BCUT2D eigenvalue weighted by atomic mass is 10.1. The molecule has 4 rings (SSSR count). The molecular weight excluding hydrogens is 635 g/mol. The Hall–Kier alpha value is -3.45. The molecular formula is C25H19BrCl2N4O6S. The van der Waals surface area contributed by atoms with Gasteiger partial charge >= 0.3 is 0 Å². The van der Waals surface area contributed by atoms with E-state index in [0.717, 1.165) is 6.26 Å². The van der Waals surface area contributed by atoms with Gasteiger partial charge < -0.3 is 10.1 Å². The van der Waals surface area contributed by atoms with Gasteiger partial charge in [0.25, 0.3) is 11.5 Å². The van der Waals surface area contributed by atoms with E-state index in [9.17, 15) is 22.8 Å². The summed E-state index contributed by atoms with van der Waals surface area (Å²) in [6.45, 7) is 0. The van der Waals surface area contributed by atoms with Gasteiger partial charge in [-0.1, -0.05) is 51.3 Å². The van der Waals surface area contributed by atoms with Gasteiger partial charge in [-0.3, -0.25) is 19.0 Å². The van der Waals surface area contributed by atoms with Crippen molar-refractivity contribution < 1.29 is 22.7 Å². The minimum Gasteiger partial charge on any atom is -0.495 e. The molecule has 202 valence electrons. The van der Waals surface area contributed by atoms with Crippen molar-refractivity contribution in [2.75, 3.05) is 18.7 Å². The van der Waals surface area contributed by atoms with Crippen molar-refractivity contribution in [2.45, 2.75) is 4.83 Å². The van der Waals surface area contributed by atoms with E-state index >= 15 is 0 Å². The number of rotatable bonds is 7. The molecule has 1 aromatic heterocycles. The van der Waals surface area contributed by atoms with Gasteiger partial charge in [-0.15, -0.1) is 0 Å². The fraction of sp³-hybridized carbons (Fsp3) is 0.120. The van der Waals surface area contributed by atoms with Gasteiger partial charge in [0.15, 0.2) is 4.83 Å². The highest BCUT2D eigenvalue weighted by Crippen LogP contribution is 2.31. The second-order valence-electron chi connectivity index (χ2n) is 8.23. The van der Waals surface area contributed by atoms with Crippen molar-refractivity contribution in [2.24, 2.45) is 0 Å². The van der Waals surface area contributed by atoms with Crippen LogP contribution < -0.4 is 20.3 Å². The van der Waals surface area contributed by atoms with E-state index in [1.807, 2.05) is 4.72 Å². The summed E-state index contributed by atoms with van der Waals surface area (Å²) in [5.41, 5.74) is 0.227. The number of alkyl halides is 1. The maximum Gasteiger partial charge on any atom is 0.266 e. The van der Waals surface area contributed by atoms with Gasteiger partial charge in [0.1, 0.15) is 11.6 Å². The molecule has 0 bridgehead atoms. The number of ether oxygens (including phenoxy) is 1. The Morgan fingerprint density at radius 3 is 2.36 bits per heavy atom. The number of nitrogens with one attached hydrogen (secondary N) is 2. The van der Waals surface area contributed by atoms with E-state index in [1.165, 1.54) is 48.1 Å². The van der Waals surface area contributed by atoms with Crippen molar-refractivity contribution in [3.63, 3.8) is 0 Å². The van der Waals surface area contributed by atoms with Gasteiger partial charge in [0.2, 0.25) is 15.9 Å². The first kappa shape index (κ1) is 28.6. The summed E-state index contributed by atoms with van der Waals surface area (Å²) in [6, 6.07) is 15.2. The standard InChI is InChI=1S/C25H19BrCl2N4O6S/c1-38-20-8-7-13(23(33)31-39(2,36)37)9-19(20)30-24(34)21(26)22-29-18-6-4-3-5-17(18)25(35)32(22)16-11-14(27)10-15(28)12-16/h3-12,21H,1-2H3,(H,30,34)(H,31,33). The number of aromatic nitrogens is 2. The summed E-state index contributed by atoms with van der Waals surface area (Å²) in [7, 11) is -2.46. The third kappa shape index (κ3) is 6.41. The number of anilines is 1. The molecule has 1 unspecified atom stereocenters. The number of halogens is 3. The molecule has 1 heterocycles. The molecule has 0 saturated carbocycles. The van der Waals surface area contributed by atoms with E-state index in [-0.39, 0.29) is 32.9 Å². The highest BCUT2D eigenvalue weighted by Gasteiger charge is 2.27. The molecule has 0 saturated heterocycles. The monoisotopic (exact) mass is 652 g/mol. The molecule has 39 heavy (non-hydrogen) atoms. The number of fused-ring (bicyclic) bond motifs is 1. The lowest BCUT2D eigenvalue weighted by molar-refractivity contribution is -0.115. The van der Waals surface area contributed by atoms with Crippen molar-refractivity contribution in [3.8, 4) is 11.4 Å². The summed E-state index contributed by atoms with van der Waals surface area (Å²) >= 11 is 15.7. The van der Waals surface area contributed by atoms with Gasteiger partial charge in [-0.25, -0.2) is 18.1 Å². The molecule has 3 aromatic carbocycles. The van der Waals surface area contributed by atoms with Crippen LogP contribution in [0, 0.1) is 0 Å². The minimum atomic E-state index is -3.82. The molecule has 0 aliphatic heterocycles. The van der Waals surface area contributed by atoms with E-state index < -0.39 is 32.2 Å². The lowest BCUT2D eigenvalue weighted by Gasteiger charge is -2.19. The zero-order chi connectivity index (χ0) is 28.5. The van der Waals surface area contributed by atoms with E-state index in [4.69, 9.17) is 27.9 Å². The zero-order valence-electron chi connectivity index (χ0n) is 20.2. The van der Waals surface area contributed by atoms with Crippen molar-refractivity contribution in [1.29, 1.82) is 0 Å². The zero-order valence-corrected chi connectivity index (χ0v) is 24.2. The SMILES string of the molecule is COc1ccc(C(=O)NS(C)(=O)=O)cc1NC(=O)C(Br)c1nc2ccccc2c(=O)n1-c1cc(Cl)cc(Cl)c1. The number of amides is 2. The largest absolute Gasteiger partial charge is 0.495 e. The van der Waals surface area contributed by atoms with Gasteiger partial charge in [0, 0.05) is 15.6 Å². The second-order valence-corrected chi connectivity index (χ2v) is 11.8. The van der Waals surface area contributed by atoms with Crippen LogP contribution in [-0.4, -0.2) is 43.1 Å². The van der Waals surface area contributed by atoms with Gasteiger partial charge in [-0.05, 0) is 48.5 Å². The summed E-state index contributed by atoms with van der Waals surface area (Å²) in [6.07, 6.45) is 0.843. The third-order valence-electron chi connectivity index (χ3n) is 5.36. The van der Waals surface area contributed by atoms with Gasteiger partial charge in [0.05, 0.1) is 35.6 Å². The average Bonchev–Trinajstić information content (AvgIpc) is 2.86. The molecule has 10 nitrogen and oxygen atoms in total. The highest BCUT2D eigenvalue weighted by atomic mass is 79.9. The molecule has 0 radical (unpaired) electrons. The molecule has 0 aliphatic carbocycles. The predicted octanol–water partition coefficient (Wildman–Crippen LogP) is 4.47. The first-order valence-electron chi connectivity index (χ1n) is 11.0. The molecule has 0 fully saturated rings. The Morgan fingerprint density at radius 2 is 1.72 bits per heavy atom. The molecule has 4 aromatic rings. The lowest BCUT2D eigenvalue weighted by Crippen LogP contribution is -2.30. The maximum absolute atomic E-state index is 13.6. The first-order valence-corrected chi connectivity index (χ1v) is 14.6. The third-order valence-corrected chi connectivity index (χ3v) is 7.18. The van der Waals surface area contributed by atoms with E-state index in [0.29, 0.717) is 16.6 Å². The van der Waals surface area contributed by atoms with Crippen LogP contribution in [0.25, 0.3) is 16.6 Å². The van der Waals surface area contributed by atoms with Crippen LogP contribution in [0.2, 0.25) is 10.0 Å². The van der Waals surface area contributed by atoms with Crippen LogP contribution in [0.15, 0.2) is 65.5 Å². The number of hydrogen-bond donors (Lipinski definition) is 2. The van der Waals surface area contributed by atoms with Crippen LogP contribution in [0.5, 0.6) is 5.75 Å². The number of carbonyl (C=O) groups is 2. The van der Waals surface area contributed by atoms with E-state index in [1.54, 1.807) is 24.3 Å². The molecule has 1 atom stereocenters. The average molecular weight is 654 g/mol. The molecule has 2 amide bonds. The second kappa shape index (κ2) is 11.3. The number of carbonyl (C=O) groups excluding carboxylic acids is 2. The van der Waals surface area contributed by atoms with Crippen molar-refractivity contribution in [1.82, 2.24) is 14.3 Å². The molecule has 0 spiro atoms. The van der Waals surface area contributed by atoms with Crippen LogP contribution in [0.3, 0.4) is 0 Å². The number of benzene rings is 3. The molecule has 2 N–H and O–H groups in total. The van der Waals surface area contributed by atoms with Crippen LogP contribution in [0.4, 0.5) is 5.69 Å². The topological polar surface area (TPSA) is 136 Å². The Kier molecular flexibility index (Phi) is 8.31. The highest BCUT2D eigenvalue weighted by molar-refractivity contribution is 9.09. The number of methoxy groups -OCH3 is 1. The smallest absolute Gasteiger partial charge is 0.266 e.